The number of rotatable bonds is 3. The van der Waals surface area contributed by atoms with E-state index in [1.807, 2.05) is 31.2 Å². The second-order valence-electron chi connectivity index (χ2n) is 5.87. The fourth-order valence-corrected chi connectivity index (χ4v) is 5.35. The van der Waals surface area contributed by atoms with Gasteiger partial charge >= 0.3 is 5.69 Å². The first-order valence-corrected chi connectivity index (χ1v) is 10.1. The highest BCUT2D eigenvalue weighted by Gasteiger charge is 2.36. The summed E-state index contributed by atoms with van der Waals surface area (Å²) in [4.78, 5) is 12.6. The highest BCUT2D eigenvalue weighted by atomic mass is 32.3. The van der Waals surface area contributed by atoms with Gasteiger partial charge in [0.2, 0.25) is 4.21 Å². The molecule has 130 valence electrons. The topological polar surface area (TPSA) is 83.2 Å². The minimum absolute atomic E-state index is 0.0916. The van der Waals surface area contributed by atoms with Crippen LogP contribution in [0.25, 0.3) is 5.69 Å². The van der Waals surface area contributed by atoms with Crippen LogP contribution in [0.5, 0.6) is 0 Å². The molecule has 3 aromatic rings. The van der Waals surface area contributed by atoms with Crippen LogP contribution in [0.2, 0.25) is 0 Å². The van der Waals surface area contributed by atoms with Crippen LogP contribution in [0.4, 0.5) is 0 Å². The molecule has 0 N–H and O–H groups in total. The van der Waals surface area contributed by atoms with E-state index in [0.29, 0.717) is 22.3 Å². The van der Waals surface area contributed by atoms with E-state index in [1.165, 1.54) is 20.3 Å². The van der Waals surface area contributed by atoms with E-state index in [9.17, 15) is 13.6 Å². The van der Waals surface area contributed by atoms with E-state index in [-0.39, 0.29) is 18.8 Å². The van der Waals surface area contributed by atoms with Gasteiger partial charge < -0.3 is 4.55 Å². The molecule has 1 unspecified atom stereocenters. The van der Waals surface area contributed by atoms with Crippen molar-refractivity contribution in [2.75, 3.05) is 6.54 Å². The van der Waals surface area contributed by atoms with Crippen LogP contribution < -0.4 is 5.69 Å². The third kappa shape index (κ3) is 2.78. The lowest BCUT2D eigenvalue weighted by atomic mass is 10.2. The summed E-state index contributed by atoms with van der Waals surface area (Å²) in [5.41, 5.74) is 1.52. The summed E-state index contributed by atoms with van der Waals surface area (Å²) in [6, 6.07) is 10.8. The SMILES string of the molecule is Cc1ccc(-n2nc3n(c2=O)CCN([S+](=O)([O-])c2cccs2)C3)cc1. The molecule has 7 nitrogen and oxygen atoms in total. The van der Waals surface area contributed by atoms with E-state index < -0.39 is 10.4 Å². The Morgan fingerprint density at radius 1 is 1.20 bits per heavy atom. The van der Waals surface area contributed by atoms with E-state index >= 15 is 0 Å². The summed E-state index contributed by atoms with van der Waals surface area (Å²) >= 11 is 1.19. The minimum Gasteiger partial charge on any atom is -0.592 e. The largest absolute Gasteiger partial charge is 0.592 e. The molecule has 2 aromatic heterocycles. The summed E-state index contributed by atoms with van der Waals surface area (Å²) in [5.74, 6) is 0.456. The van der Waals surface area contributed by atoms with Gasteiger partial charge in [-0.15, -0.1) is 9.40 Å². The average Bonchev–Trinajstić information content (AvgIpc) is 3.24. The maximum absolute atomic E-state index is 12.7. The van der Waals surface area contributed by atoms with Gasteiger partial charge in [-0.05, 0) is 30.5 Å². The highest BCUT2D eigenvalue weighted by Crippen LogP contribution is 2.28. The third-order valence-electron chi connectivity index (χ3n) is 4.20. The Hall–Kier alpha value is -2.07. The van der Waals surface area contributed by atoms with Crippen LogP contribution in [-0.4, -0.2) is 29.8 Å². The highest BCUT2D eigenvalue weighted by molar-refractivity contribution is 7.97. The lowest BCUT2D eigenvalue weighted by Gasteiger charge is -2.28. The van der Waals surface area contributed by atoms with Gasteiger partial charge in [0, 0.05) is 12.6 Å². The normalized spacial score (nSPS) is 17.2. The number of hydrogen-bond acceptors (Lipinski definition) is 5. The quantitative estimate of drug-likeness (QED) is 0.653. The number of fused-ring (bicyclic) bond motifs is 1. The van der Waals surface area contributed by atoms with Crippen LogP contribution in [-0.2, 0) is 27.7 Å². The lowest BCUT2D eigenvalue weighted by Crippen LogP contribution is -2.43. The fourth-order valence-electron chi connectivity index (χ4n) is 2.82. The molecule has 0 radical (unpaired) electrons. The van der Waals surface area contributed by atoms with Crippen molar-refractivity contribution in [3.63, 3.8) is 0 Å². The Morgan fingerprint density at radius 3 is 2.64 bits per heavy atom. The Labute approximate surface area is 149 Å². The Balaban J connectivity index is 1.68. The number of benzene rings is 1. The van der Waals surface area contributed by atoms with Gasteiger partial charge in [0.25, 0.3) is 0 Å². The van der Waals surface area contributed by atoms with Gasteiger partial charge in [0.05, 0.1) is 12.2 Å². The first kappa shape index (κ1) is 16.4. The molecule has 3 heterocycles. The number of nitrogens with zero attached hydrogens (tertiary/aromatic N) is 4. The summed E-state index contributed by atoms with van der Waals surface area (Å²) in [5, 5.41) is 6.09. The van der Waals surface area contributed by atoms with Crippen molar-refractivity contribution in [3.8, 4) is 5.69 Å². The van der Waals surface area contributed by atoms with E-state index in [4.69, 9.17) is 0 Å². The zero-order valence-electron chi connectivity index (χ0n) is 13.5. The monoisotopic (exact) mass is 376 g/mol. The lowest BCUT2D eigenvalue weighted by molar-refractivity contribution is 0.301. The van der Waals surface area contributed by atoms with Crippen molar-refractivity contribution in [2.45, 2.75) is 24.2 Å². The molecule has 0 bridgehead atoms. The summed E-state index contributed by atoms with van der Waals surface area (Å²) in [6.45, 7) is 2.61. The standard InChI is InChI=1S/C16H16N4O3S2/c1-12-4-6-13(7-5-12)20-16(21)19-9-8-18(11-14(19)17-20)25(22,23)15-3-2-10-24-15/h2-7,10H,8-9,11H2,1H3. The first-order chi connectivity index (χ1) is 12.0. The van der Waals surface area contributed by atoms with Crippen LogP contribution in [0.3, 0.4) is 0 Å². The molecule has 9 heteroatoms. The molecule has 1 aromatic carbocycles. The van der Waals surface area contributed by atoms with Crippen molar-refractivity contribution in [3.05, 3.63) is 63.7 Å². The van der Waals surface area contributed by atoms with Crippen LogP contribution in [0.1, 0.15) is 11.4 Å². The van der Waals surface area contributed by atoms with Crippen LogP contribution >= 0.6 is 11.3 Å². The number of hydrogen-bond donors (Lipinski definition) is 0. The van der Waals surface area contributed by atoms with Crippen molar-refractivity contribution in [1.29, 1.82) is 0 Å². The van der Waals surface area contributed by atoms with Crippen molar-refractivity contribution in [2.24, 2.45) is 0 Å². The number of thiophene rings is 1. The third-order valence-corrected chi connectivity index (χ3v) is 7.42. The minimum atomic E-state index is -3.55. The van der Waals surface area contributed by atoms with E-state index in [0.717, 1.165) is 5.56 Å². The number of sulfonamides is 1. The predicted octanol–water partition coefficient (Wildman–Crippen LogP) is 1.82. The molecule has 25 heavy (non-hydrogen) atoms. The Kier molecular flexibility index (Phi) is 3.95. The molecule has 0 saturated heterocycles. The molecule has 0 spiro atoms. The molecule has 0 aliphatic carbocycles. The second-order valence-corrected chi connectivity index (χ2v) is 8.98. The maximum Gasteiger partial charge on any atom is 0.350 e. The number of aromatic nitrogens is 3. The maximum atomic E-state index is 12.7. The fraction of sp³-hybridized carbons (Fsp3) is 0.250. The molecular formula is C16H16N4O3S2. The van der Waals surface area contributed by atoms with Crippen molar-refractivity contribution in [1.82, 2.24) is 18.7 Å². The van der Waals surface area contributed by atoms with Gasteiger partial charge in [-0.1, -0.05) is 33.2 Å². The van der Waals surface area contributed by atoms with Gasteiger partial charge in [-0.3, -0.25) is 4.57 Å². The van der Waals surface area contributed by atoms with E-state index in [1.54, 1.807) is 22.1 Å². The van der Waals surface area contributed by atoms with Gasteiger partial charge in [0.1, 0.15) is 6.54 Å². The predicted molar refractivity (Wildman–Crippen MR) is 94.4 cm³/mol. The molecule has 1 atom stereocenters. The molecule has 0 amide bonds. The van der Waals surface area contributed by atoms with Crippen molar-refractivity contribution < 1.29 is 8.76 Å². The molecular weight excluding hydrogens is 360 g/mol. The van der Waals surface area contributed by atoms with E-state index in [2.05, 4.69) is 5.10 Å². The Morgan fingerprint density at radius 2 is 1.96 bits per heavy atom. The molecule has 1 aliphatic heterocycles. The number of aryl methyl sites for hydroxylation is 1. The summed E-state index contributed by atoms with van der Waals surface area (Å²) in [7, 11) is -3.55. The molecule has 0 fully saturated rings. The second kappa shape index (κ2) is 6.03. The van der Waals surface area contributed by atoms with Crippen molar-refractivity contribution >= 4 is 21.7 Å². The molecule has 1 aliphatic rings. The Bertz CT molecular complexity index is 1010. The zero-order chi connectivity index (χ0) is 17.6. The summed E-state index contributed by atoms with van der Waals surface area (Å²) < 4.78 is 29.9. The van der Waals surface area contributed by atoms with Crippen LogP contribution in [0, 0.1) is 6.92 Å². The van der Waals surface area contributed by atoms with Gasteiger partial charge in [-0.25, -0.2) is 4.79 Å². The van der Waals surface area contributed by atoms with Gasteiger partial charge in [0.15, 0.2) is 16.2 Å². The van der Waals surface area contributed by atoms with Crippen LogP contribution in [0.15, 0.2) is 50.8 Å². The summed E-state index contributed by atoms with van der Waals surface area (Å²) in [6.07, 6.45) is 0. The molecule has 0 saturated carbocycles. The first-order valence-electron chi connectivity index (χ1n) is 7.76. The smallest absolute Gasteiger partial charge is 0.350 e. The molecule has 4 rings (SSSR count). The van der Waals surface area contributed by atoms with Gasteiger partial charge in [-0.2, -0.15) is 4.68 Å². The zero-order valence-corrected chi connectivity index (χ0v) is 15.1. The average molecular weight is 376 g/mol.